The summed E-state index contributed by atoms with van der Waals surface area (Å²) in [5.74, 6) is 0.575. The number of aromatic amines is 1. The topological polar surface area (TPSA) is 62.7 Å². The minimum absolute atomic E-state index is 0.104. The van der Waals surface area contributed by atoms with E-state index >= 15 is 0 Å². The van der Waals surface area contributed by atoms with Crippen LogP contribution >= 0.6 is 0 Å². The zero-order valence-electron chi connectivity index (χ0n) is 9.84. The van der Waals surface area contributed by atoms with Crippen molar-refractivity contribution in [2.45, 2.75) is 0 Å². The fraction of sp³-hybridized carbons (Fsp3) is 0.0769. The Hall–Kier alpha value is -2.56. The van der Waals surface area contributed by atoms with Crippen molar-refractivity contribution < 1.29 is 0 Å². The van der Waals surface area contributed by atoms with Gasteiger partial charge in [0.2, 0.25) is 0 Å². The molecule has 3 aromatic rings. The summed E-state index contributed by atoms with van der Waals surface area (Å²) in [5.41, 5.74) is 4.25. The Bertz CT molecular complexity index is 743. The van der Waals surface area contributed by atoms with Gasteiger partial charge in [0.05, 0.1) is 16.6 Å². The summed E-state index contributed by atoms with van der Waals surface area (Å²) >= 11 is 0. The molecule has 90 valence electrons. The molecule has 0 aliphatic heterocycles. The zero-order valence-corrected chi connectivity index (χ0v) is 9.84. The highest BCUT2D eigenvalue weighted by atomic mass is 16.1. The smallest absolute Gasteiger partial charge is 0.280 e. The maximum atomic E-state index is 12.3. The van der Waals surface area contributed by atoms with E-state index in [1.54, 1.807) is 19.3 Å². The Labute approximate surface area is 103 Å². The van der Waals surface area contributed by atoms with Crippen molar-refractivity contribution in [3.8, 4) is 11.5 Å². The van der Waals surface area contributed by atoms with Crippen molar-refractivity contribution in [3.05, 3.63) is 52.9 Å². The number of nitrogens with one attached hydrogen (secondary N) is 2. The Morgan fingerprint density at radius 2 is 2.06 bits per heavy atom. The van der Waals surface area contributed by atoms with Crippen molar-refractivity contribution in [2.24, 2.45) is 0 Å². The molecule has 2 heterocycles. The molecule has 0 saturated heterocycles. The Morgan fingerprint density at radius 3 is 2.78 bits per heavy atom. The minimum atomic E-state index is -0.104. The molecule has 0 fully saturated rings. The van der Waals surface area contributed by atoms with Gasteiger partial charge in [-0.15, -0.1) is 0 Å². The van der Waals surface area contributed by atoms with Gasteiger partial charge in [-0.3, -0.25) is 4.79 Å². The number of benzene rings is 1. The summed E-state index contributed by atoms with van der Waals surface area (Å²) < 4.78 is 1.44. The molecule has 0 bridgehead atoms. The van der Waals surface area contributed by atoms with E-state index in [1.165, 1.54) is 4.68 Å². The summed E-state index contributed by atoms with van der Waals surface area (Å²) in [6.07, 6.45) is 1.80. The highest BCUT2D eigenvalue weighted by molar-refractivity contribution is 5.79. The van der Waals surface area contributed by atoms with E-state index in [-0.39, 0.29) is 5.56 Å². The predicted octanol–water partition coefficient (Wildman–Crippen LogP) is 1.56. The lowest BCUT2D eigenvalue weighted by Gasteiger charge is -2.11. The minimum Gasteiger partial charge on any atom is -0.359 e. The lowest BCUT2D eigenvalue weighted by atomic mass is 10.2. The molecule has 2 aromatic heterocycles. The van der Waals surface area contributed by atoms with Gasteiger partial charge in [0.1, 0.15) is 0 Å². The highest BCUT2D eigenvalue weighted by Crippen LogP contribution is 2.15. The number of para-hydroxylation sites is 1. The normalized spacial score (nSPS) is 10.7. The summed E-state index contributed by atoms with van der Waals surface area (Å²) in [4.78, 5) is 19.9. The van der Waals surface area contributed by atoms with Crippen molar-refractivity contribution in [3.63, 3.8) is 0 Å². The van der Waals surface area contributed by atoms with Crippen LogP contribution in [0.15, 0.2) is 47.4 Å². The van der Waals surface area contributed by atoms with Gasteiger partial charge in [0.25, 0.3) is 5.56 Å². The van der Waals surface area contributed by atoms with E-state index in [2.05, 4.69) is 15.4 Å². The summed E-state index contributed by atoms with van der Waals surface area (Å²) in [7, 11) is 1.70. The third-order valence-corrected chi connectivity index (χ3v) is 2.84. The van der Waals surface area contributed by atoms with Gasteiger partial charge in [-0.1, -0.05) is 12.1 Å². The third-order valence-electron chi connectivity index (χ3n) is 2.84. The fourth-order valence-corrected chi connectivity index (χ4v) is 1.99. The molecule has 0 unspecified atom stereocenters. The summed E-state index contributed by atoms with van der Waals surface area (Å²) in [6.45, 7) is 0. The van der Waals surface area contributed by atoms with Gasteiger partial charge in [-0.2, -0.15) is 0 Å². The molecule has 0 spiro atoms. The molecule has 0 atom stereocenters. The van der Waals surface area contributed by atoms with Gasteiger partial charge in [-0.25, -0.2) is 9.66 Å². The fourth-order valence-electron chi connectivity index (χ4n) is 1.99. The Kier molecular flexibility index (Phi) is 2.37. The number of aromatic nitrogens is 3. The molecule has 18 heavy (non-hydrogen) atoms. The quantitative estimate of drug-likeness (QED) is 0.714. The maximum Gasteiger partial charge on any atom is 0.280 e. The van der Waals surface area contributed by atoms with Crippen LogP contribution in [0.4, 0.5) is 0 Å². The second kappa shape index (κ2) is 4.03. The predicted molar refractivity (Wildman–Crippen MR) is 71.1 cm³/mol. The van der Waals surface area contributed by atoms with Crippen LogP contribution in [0.2, 0.25) is 0 Å². The largest absolute Gasteiger partial charge is 0.359 e. The highest BCUT2D eigenvalue weighted by Gasteiger charge is 2.11. The van der Waals surface area contributed by atoms with E-state index in [1.807, 2.05) is 30.3 Å². The molecule has 2 N–H and O–H groups in total. The molecule has 0 radical (unpaired) electrons. The second-order valence-electron chi connectivity index (χ2n) is 3.90. The second-order valence-corrected chi connectivity index (χ2v) is 3.90. The lowest BCUT2D eigenvalue weighted by Crippen LogP contribution is -2.29. The van der Waals surface area contributed by atoms with Crippen molar-refractivity contribution in [1.82, 2.24) is 14.6 Å². The molecule has 0 amide bonds. The van der Waals surface area contributed by atoms with Crippen LogP contribution in [0.25, 0.3) is 22.4 Å². The van der Waals surface area contributed by atoms with Crippen LogP contribution in [-0.2, 0) is 0 Å². The third kappa shape index (κ3) is 1.48. The first-order chi connectivity index (χ1) is 8.81. The SMILES string of the molecule is CNn1c(-c2ccc[nH]2)nc2ccccc2c1=O. The molecular weight excluding hydrogens is 228 g/mol. The van der Waals surface area contributed by atoms with Gasteiger partial charge in [-0.05, 0) is 24.3 Å². The molecule has 3 rings (SSSR count). The van der Waals surface area contributed by atoms with Gasteiger partial charge in [0.15, 0.2) is 5.82 Å². The number of hydrogen-bond acceptors (Lipinski definition) is 3. The molecule has 5 heteroatoms. The Balaban J connectivity index is 2.42. The average Bonchev–Trinajstić information content (AvgIpc) is 2.92. The zero-order chi connectivity index (χ0) is 12.5. The van der Waals surface area contributed by atoms with Gasteiger partial charge < -0.3 is 10.4 Å². The first-order valence-electron chi connectivity index (χ1n) is 5.64. The molecule has 0 aliphatic carbocycles. The monoisotopic (exact) mass is 240 g/mol. The van der Waals surface area contributed by atoms with E-state index in [4.69, 9.17) is 0 Å². The number of fused-ring (bicyclic) bond motifs is 1. The van der Waals surface area contributed by atoms with Crippen LogP contribution in [-0.4, -0.2) is 21.7 Å². The molecular formula is C13H12N4O. The van der Waals surface area contributed by atoms with Crippen LogP contribution in [0.3, 0.4) is 0 Å². The number of rotatable bonds is 2. The molecule has 0 aliphatic rings. The van der Waals surface area contributed by atoms with E-state index in [9.17, 15) is 4.79 Å². The van der Waals surface area contributed by atoms with Gasteiger partial charge >= 0.3 is 0 Å². The van der Waals surface area contributed by atoms with Gasteiger partial charge in [0, 0.05) is 13.2 Å². The first kappa shape index (κ1) is 10.6. The van der Waals surface area contributed by atoms with E-state index < -0.39 is 0 Å². The van der Waals surface area contributed by atoms with Crippen LogP contribution in [0.5, 0.6) is 0 Å². The molecule has 0 saturated carbocycles. The van der Waals surface area contributed by atoms with Crippen molar-refractivity contribution in [1.29, 1.82) is 0 Å². The van der Waals surface area contributed by atoms with E-state index in [0.29, 0.717) is 16.7 Å². The number of H-pyrrole nitrogens is 1. The summed E-state index contributed by atoms with van der Waals surface area (Å²) in [6, 6.07) is 11.1. The number of hydrogen-bond donors (Lipinski definition) is 2. The lowest BCUT2D eigenvalue weighted by molar-refractivity contribution is 0.863. The standard InChI is InChI=1S/C13H12N4O/c1-14-17-12(11-7-4-8-15-11)16-10-6-3-2-5-9(10)13(17)18/h2-8,14-15H,1H3. The summed E-state index contributed by atoms with van der Waals surface area (Å²) in [5, 5.41) is 0.599. The van der Waals surface area contributed by atoms with Crippen molar-refractivity contribution in [2.75, 3.05) is 12.5 Å². The van der Waals surface area contributed by atoms with Crippen LogP contribution in [0.1, 0.15) is 0 Å². The van der Waals surface area contributed by atoms with Crippen LogP contribution in [0, 0.1) is 0 Å². The first-order valence-corrected chi connectivity index (χ1v) is 5.64. The van der Waals surface area contributed by atoms with E-state index in [0.717, 1.165) is 5.69 Å². The maximum absolute atomic E-state index is 12.3. The molecule has 1 aromatic carbocycles. The van der Waals surface area contributed by atoms with Crippen LogP contribution < -0.4 is 11.0 Å². The Morgan fingerprint density at radius 1 is 1.22 bits per heavy atom. The average molecular weight is 240 g/mol. The molecule has 5 nitrogen and oxygen atoms in total. The van der Waals surface area contributed by atoms with Crippen molar-refractivity contribution >= 4 is 10.9 Å². The number of nitrogens with zero attached hydrogens (tertiary/aromatic N) is 2.